The van der Waals surface area contributed by atoms with E-state index in [1.165, 1.54) is 16.7 Å². The van der Waals surface area contributed by atoms with Gasteiger partial charge in [-0.15, -0.1) is 0 Å². The predicted octanol–water partition coefficient (Wildman–Crippen LogP) is 4.02. The lowest BCUT2D eigenvalue weighted by Gasteiger charge is -2.13. The van der Waals surface area contributed by atoms with Gasteiger partial charge in [-0.05, 0) is 42.4 Å². The summed E-state index contributed by atoms with van der Waals surface area (Å²) in [6, 6.07) is 6.69. The number of nitriles is 1. The molecule has 0 aromatic heterocycles. The molecule has 0 radical (unpaired) electrons. The summed E-state index contributed by atoms with van der Waals surface area (Å²) < 4.78 is 0. The first kappa shape index (κ1) is 11.5. The molecule has 0 unspecified atom stereocenters. The van der Waals surface area contributed by atoms with E-state index in [1.54, 1.807) is 0 Å². The lowest BCUT2D eigenvalue weighted by molar-refractivity contribution is 0.894. The number of hydrogen-bond acceptors (Lipinski definition) is 1. The van der Waals surface area contributed by atoms with Crippen LogP contribution < -0.4 is 0 Å². The molecule has 1 nitrogen and oxygen atoms in total. The minimum atomic E-state index is -0.196. The Morgan fingerprint density at radius 3 is 2.06 bits per heavy atom. The zero-order valence-corrected chi connectivity index (χ0v) is 10.6. The Bertz CT molecular complexity index is 427. The normalized spacial score (nSPS) is 16.9. The highest BCUT2D eigenvalue weighted by molar-refractivity contribution is 6.32. The number of hydrogen-bond donors (Lipinski definition) is 0. The summed E-state index contributed by atoms with van der Waals surface area (Å²) in [6.07, 6.45) is 3.86. The van der Waals surface area contributed by atoms with Gasteiger partial charge in [-0.2, -0.15) is 5.26 Å². The van der Waals surface area contributed by atoms with Crippen molar-refractivity contribution in [3.63, 3.8) is 0 Å². The molecule has 1 aliphatic carbocycles. The van der Waals surface area contributed by atoms with Crippen LogP contribution in [-0.4, -0.2) is 0 Å². The summed E-state index contributed by atoms with van der Waals surface area (Å²) in [5, 5.41) is 10.1. The van der Waals surface area contributed by atoms with Crippen molar-refractivity contribution in [3.8, 4) is 6.07 Å². The molecular weight excluding hydrogens is 218 g/mol. The molecule has 2 rings (SSSR count). The van der Waals surface area contributed by atoms with E-state index in [2.05, 4.69) is 32.0 Å². The fourth-order valence-electron chi connectivity index (χ4n) is 2.13. The monoisotopic (exact) mass is 233 g/mol. The molecule has 0 N–H and O–H groups in total. The zero-order valence-electron chi connectivity index (χ0n) is 9.81. The van der Waals surface area contributed by atoms with Gasteiger partial charge in [-0.3, -0.25) is 0 Å². The highest BCUT2D eigenvalue weighted by Gasteiger charge is 2.45. The maximum Gasteiger partial charge on any atom is 0.0824 e. The van der Waals surface area contributed by atoms with Crippen LogP contribution in [-0.2, 0) is 18.3 Å². The van der Waals surface area contributed by atoms with Gasteiger partial charge in [0.1, 0.15) is 0 Å². The fraction of sp³-hybridized carbons (Fsp3) is 0.500. The highest BCUT2D eigenvalue weighted by Crippen LogP contribution is 2.48. The summed E-state index contributed by atoms with van der Waals surface area (Å²) in [7, 11) is 0. The maximum atomic E-state index is 9.22. The van der Waals surface area contributed by atoms with Crippen molar-refractivity contribution in [1.82, 2.24) is 0 Å². The van der Waals surface area contributed by atoms with Crippen LogP contribution >= 0.6 is 11.6 Å². The van der Waals surface area contributed by atoms with Gasteiger partial charge in [0.25, 0.3) is 0 Å². The van der Waals surface area contributed by atoms with Gasteiger partial charge >= 0.3 is 0 Å². The van der Waals surface area contributed by atoms with Crippen molar-refractivity contribution in [2.45, 2.75) is 44.9 Å². The van der Waals surface area contributed by atoms with Crippen molar-refractivity contribution in [2.75, 3.05) is 0 Å². The zero-order chi connectivity index (χ0) is 11.8. The van der Waals surface area contributed by atoms with Crippen LogP contribution in [0.2, 0.25) is 5.02 Å². The van der Waals surface area contributed by atoms with Crippen molar-refractivity contribution >= 4 is 11.6 Å². The average Bonchev–Trinajstić information content (AvgIpc) is 3.10. The van der Waals surface area contributed by atoms with Gasteiger partial charge in [-0.1, -0.05) is 37.6 Å². The van der Waals surface area contributed by atoms with Crippen LogP contribution in [0, 0.1) is 11.3 Å². The van der Waals surface area contributed by atoms with Crippen molar-refractivity contribution in [2.24, 2.45) is 0 Å². The van der Waals surface area contributed by atoms with Crippen LogP contribution in [0.3, 0.4) is 0 Å². The van der Waals surface area contributed by atoms with Gasteiger partial charge < -0.3 is 0 Å². The Labute approximate surface area is 102 Å². The second-order valence-corrected chi connectivity index (χ2v) is 4.89. The van der Waals surface area contributed by atoms with Gasteiger partial charge in [0.15, 0.2) is 0 Å². The van der Waals surface area contributed by atoms with Crippen LogP contribution in [0.5, 0.6) is 0 Å². The Kier molecular flexibility index (Phi) is 2.95. The fourth-order valence-corrected chi connectivity index (χ4v) is 2.51. The van der Waals surface area contributed by atoms with E-state index in [1.807, 2.05) is 0 Å². The summed E-state index contributed by atoms with van der Waals surface area (Å²) >= 11 is 6.31. The molecule has 84 valence electrons. The molecule has 1 aromatic rings. The molecule has 0 saturated heterocycles. The van der Waals surface area contributed by atoms with Crippen LogP contribution in [0.4, 0.5) is 0 Å². The van der Waals surface area contributed by atoms with Gasteiger partial charge in [0.2, 0.25) is 0 Å². The number of benzene rings is 1. The molecule has 1 saturated carbocycles. The second-order valence-electron chi connectivity index (χ2n) is 4.51. The molecular formula is C14H16ClN. The van der Waals surface area contributed by atoms with Gasteiger partial charge in [0.05, 0.1) is 11.5 Å². The van der Waals surface area contributed by atoms with Gasteiger partial charge in [-0.25, -0.2) is 0 Å². The Balaban J connectivity index is 2.53. The number of aryl methyl sites for hydroxylation is 2. The molecule has 1 aliphatic rings. The molecule has 0 aliphatic heterocycles. The molecule has 0 amide bonds. The summed E-state index contributed by atoms with van der Waals surface area (Å²) in [6.45, 7) is 4.22. The van der Waals surface area contributed by atoms with E-state index in [4.69, 9.17) is 11.6 Å². The van der Waals surface area contributed by atoms with E-state index in [9.17, 15) is 5.26 Å². The minimum Gasteiger partial charge on any atom is -0.197 e. The van der Waals surface area contributed by atoms with Crippen LogP contribution in [0.25, 0.3) is 0 Å². The number of nitrogens with zero attached hydrogens (tertiary/aromatic N) is 1. The Hall–Kier alpha value is -1.000. The molecule has 0 atom stereocenters. The molecule has 16 heavy (non-hydrogen) atoms. The lowest BCUT2D eigenvalue weighted by Crippen LogP contribution is -2.05. The first-order chi connectivity index (χ1) is 7.66. The number of halogens is 1. The quantitative estimate of drug-likeness (QED) is 0.774. The van der Waals surface area contributed by atoms with Crippen molar-refractivity contribution in [3.05, 3.63) is 33.8 Å². The maximum absolute atomic E-state index is 9.22. The Morgan fingerprint density at radius 1 is 1.25 bits per heavy atom. The summed E-state index contributed by atoms with van der Waals surface area (Å²) in [5.41, 5.74) is 3.33. The van der Waals surface area contributed by atoms with Gasteiger partial charge in [0, 0.05) is 5.02 Å². The minimum absolute atomic E-state index is 0.196. The van der Waals surface area contributed by atoms with E-state index >= 15 is 0 Å². The van der Waals surface area contributed by atoms with E-state index < -0.39 is 0 Å². The van der Waals surface area contributed by atoms with Crippen LogP contribution in [0.1, 0.15) is 43.4 Å². The smallest absolute Gasteiger partial charge is 0.0824 e. The topological polar surface area (TPSA) is 23.8 Å². The first-order valence-corrected chi connectivity index (χ1v) is 6.27. The molecule has 0 bridgehead atoms. The standard InChI is InChI=1S/C14H16ClN/c1-3-10-7-12(14(9-16)5-6-14)8-11(4-2)13(10)15/h7-8H,3-6H2,1-2H3. The third-order valence-electron chi connectivity index (χ3n) is 3.50. The Morgan fingerprint density at radius 2 is 1.75 bits per heavy atom. The average molecular weight is 234 g/mol. The molecule has 2 heteroatoms. The molecule has 1 aromatic carbocycles. The molecule has 0 spiro atoms. The third kappa shape index (κ3) is 1.72. The van der Waals surface area contributed by atoms with E-state index in [-0.39, 0.29) is 5.41 Å². The number of rotatable bonds is 3. The first-order valence-electron chi connectivity index (χ1n) is 5.90. The van der Waals surface area contributed by atoms with Crippen LogP contribution in [0.15, 0.2) is 12.1 Å². The summed E-state index contributed by atoms with van der Waals surface area (Å²) in [4.78, 5) is 0. The predicted molar refractivity (Wildman–Crippen MR) is 66.7 cm³/mol. The molecule has 1 fully saturated rings. The van der Waals surface area contributed by atoms with Crippen molar-refractivity contribution in [1.29, 1.82) is 5.26 Å². The second kappa shape index (κ2) is 4.11. The lowest BCUT2D eigenvalue weighted by atomic mass is 9.92. The third-order valence-corrected chi connectivity index (χ3v) is 3.99. The molecule has 0 heterocycles. The van der Waals surface area contributed by atoms with E-state index in [0.29, 0.717) is 0 Å². The van der Waals surface area contributed by atoms with Crippen molar-refractivity contribution < 1.29 is 0 Å². The summed E-state index contributed by atoms with van der Waals surface area (Å²) in [5.74, 6) is 0. The SMILES string of the molecule is CCc1cc(C2(C#N)CC2)cc(CC)c1Cl. The highest BCUT2D eigenvalue weighted by atomic mass is 35.5. The van der Waals surface area contributed by atoms with E-state index in [0.717, 1.165) is 30.7 Å². The largest absolute Gasteiger partial charge is 0.197 e.